The first-order valence-corrected chi connectivity index (χ1v) is 8.23. The molecule has 1 aliphatic rings. The summed E-state index contributed by atoms with van der Waals surface area (Å²) in [6, 6.07) is 3.32. The van der Waals surface area contributed by atoms with Crippen molar-refractivity contribution in [2.45, 2.75) is 13.2 Å². The van der Waals surface area contributed by atoms with Gasteiger partial charge in [0, 0.05) is 43.9 Å². The Bertz CT molecular complexity index is 637. The second kappa shape index (κ2) is 10.7. The van der Waals surface area contributed by atoms with Crippen molar-refractivity contribution in [1.82, 2.24) is 10.2 Å². The summed E-state index contributed by atoms with van der Waals surface area (Å²) in [5, 5.41) is 2.68. The third-order valence-corrected chi connectivity index (χ3v) is 3.67. The first kappa shape index (κ1) is 21.0. The molecule has 1 heterocycles. The zero-order valence-corrected chi connectivity index (χ0v) is 14.4. The molecule has 27 heavy (non-hydrogen) atoms. The molecule has 0 spiro atoms. The van der Waals surface area contributed by atoms with E-state index < -0.39 is 19.1 Å². The van der Waals surface area contributed by atoms with Gasteiger partial charge in [0.2, 0.25) is 5.91 Å². The van der Waals surface area contributed by atoms with Crippen molar-refractivity contribution in [3.63, 3.8) is 0 Å². The van der Waals surface area contributed by atoms with E-state index in [1.165, 1.54) is 18.2 Å². The average Bonchev–Trinajstić information content (AvgIpc) is 2.61. The number of alkyl halides is 4. The van der Waals surface area contributed by atoms with Crippen LogP contribution in [-0.4, -0.2) is 63.4 Å². The van der Waals surface area contributed by atoms with Crippen LogP contribution < -0.4 is 14.8 Å². The van der Waals surface area contributed by atoms with Crippen LogP contribution in [0.15, 0.2) is 24.3 Å². The van der Waals surface area contributed by atoms with Crippen molar-refractivity contribution >= 4 is 12.0 Å². The summed E-state index contributed by atoms with van der Waals surface area (Å²) < 4.78 is 63.2. The Hall–Kier alpha value is -2.33. The molecule has 1 aromatic rings. The first-order chi connectivity index (χ1) is 12.9. The van der Waals surface area contributed by atoms with Crippen molar-refractivity contribution in [3.8, 4) is 11.5 Å². The number of carbonyl (C=O) groups is 1. The molecule has 1 amide bonds. The molecule has 1 saturated heterocycles. The van der Waals surface area contributed by atoms with Crippen LogP contribution in [0.25, 0.3) is 6.08 Å². The fourth-order valence-electron chi connectivity index (χ4n) is 2.41. The molecule has 0 radical (unpaired) electrons. The number of ether oxygens (including phenoxy) is 3. The standard InChI is InChI=1S/C17H20F4N2O4/c18-16(19)26-13-3-1-12(14(11-13)27-17(20)21)2-4-15(24)22-5-6-23-7-9-25-10-8-23/h1-4,11,16-17H,5-10H2,(H,22,24)/b4-2+. The fraction of sp³-hybridized carbons (Fsp3) is 0.471. The molecule has 0 bridgehead atoms. The predicted molar refractivity (Wildman–Crippen MR) is 89.0 cm³/mol. The van der Waals surface area contributed by atoms with Crippen LogP contribution in [0.3, 0.4) is 0 Å². The van der Waals surface area contributed by atoms with Gasteiger partial charge < -0.3 is 19.5 Å². The van der Waals surface area contributed by atoms with E-state index in [0.29, 0.717) is 26.3 Å². The zero-order chi connectivity index (χ0) is 19.6. The minimum Gasteiger partial charge on any atom is -0.435 e. The highest BCUT2D eigenvalue weighted by molar-refractivity contribution is 5.92. The number of nitrogens with one attached hydrogen (secondary N) is 1. The fourth-order valence-corrected chi connectivity index (χ4v) is 2.41. The summed E-state index contributed by atoms with van der Waals surface area (Å²) in [6.45, 7) is -2.24. The lowest BCUT2D eigenvalue weighted by Gasteiger charge is -2.26. The number of halogens is 4. The normalized spacial score (nSPS) is 15.5. The van der Waals surface area contributed by atoms with E-state index in [4.69, 9.17) is 4.74 Å². The van der Waals surface area contributed by atoms with E-state index in [2.05, 4.69) is 19.7 Å². The Labute approximate surface area is 153 Å². The number of hydrogen-bond acceptors (Lipinski definition) is 5. The van der Waals surface area contributed by atoms with E-state index >= 15 is 0 Å². The summed E-state index contributed by atoms with van der Waals surface area (Å²) in [5.41, 5.74) is 0.125. The van der Waals surface area contributed by atoms with Crippen LogP contribution in [0, 0.1) is 0 Å². The summed E-state index contributed by atoms with van der Waals surface area (Å²) in [4.78, 5) is 14.0. The molecule has 0 aromatic heterocycles. The highest BCUT2D eigenvalue weighted by atomic mass is 19.3. The van der Waals surface area contributed by atoms with Crippen molar-refractivity contribution in [3.05, 3.63) is 29.8 Å². The third-order valence-electron chi connectivity index (χ3n) is 3.67. The van der Waals surface area contributed by atoms with Crippen LogP contribution in [-0.2, 0) is 9.53 Å². The van der Waals surface area contributed by atoms with Gasteiger partial charge >= 0.3 is 13.2 Å². The van der Waals surface area contributed by atoms with Crippen molar-refractivity contribution in [2.75, 3.05) is 39.4 Å². The minimum atomic E-state index is -3.15. The number of rotatable bonds is 9. The Morgan fingerprint density at radius 3 is 2.56 bits per heavy atom. The molecule has 1 aliphatic heterocycles. The summed E-state index contributed by atoms with van der Waals surface area (Å²) in [5.74, 6) is -1.12. The van der Waals surface area contributed by atoms with E-state index in [1.54, 1.807) is 0 Å². The molecule has 0 unspecified atom stereocenters. The predicted octanol–water partition coefficient (Wildman–Crippen LogP) is 2.35. The Balaban J connectivity index is 1.91. The molecule has 1 N–H and O–H groups in total. The maximum absolute atomic E-state index is 12.5. The third kappa shape index (κ3) is 7.83. The van der Waals surface area contributed by atoms with Gasteiger partial charge in [-0.05, 0) is 18.2 Å². The van der Waals surface area contributed by atoms with Gasteiger partial charge in [-0.1, -0.05) is 0 Å². The van der Waals surface area contributed by atoms with Crippen LogP contribution in [0.5, 0.6) is 11.5 Å². The second-order valence-corrected chi connectivity index (χ2v) is 5.54. The molecule has 0 atom stereocenters. The molecule has 1 aromatic carbocycles. The molecular weight excluding hydrogens is 372 g/mol. The van der Waals surface area contributed by atoms with E-state index in [9.17, 15) is 22.4 Å². The lowest BCUT2D eigenvalue weighted by molar-refractivity contribution is -0.116. The molecule has 0 saturated carbocycles. The van der Waals surface area contributed by atoms with Crippen LogP contribution in [0.1, 0.15) is 5.56 Å². The summed E-state index contributed by atoms with van der Waals surface area (Å²) in [6.07, 6.45) is 2.41. The van der Waals surface area contributed by atoms with Gasteiger partial charge in [0.1, 0.15) is 11.5 Å². The Morgan fingerprint density at radius 1 is 1.19 bits per heavy atom. The number of carbonyl (C=O) groups excluding carboxylic acids is 1. The quantitative estimate of drug-likeness (QED) is 0.517. The average molecular weight is 392 g/mol. The number of benzene rings is 1. The maximum Gasteiger partial charge on any atom is 0.387 e. The molecule has 6 nitrogen and oxygen atoms in total. The van der Waals surface area contributed by atoms with Gasteiger partial charge in [0.25, 0.3) is 0 Å². The monoisotopic (exact) mass is 392 g/mol. The number of nitrogens with zero attached hydrogens (tertiary/aromatic N) is 1. The number of morpholine rings is 1. The molecule has 1 fully saturated rings. The van der Waals surface area contributed by atoms with E-state index in [0.717, 1.165) is 25.2 Å². The van der Waals surface area contributed by atoms with Gasteiger partial charge in [0.05, 0.1) is 13.2 Å². The molecule has 150 valence electrons. The molecule has 10 heteroatoms. The minimum absolute atomic E-state index is 0.125. The van der Waals surface area contributed by atoms with E-state index in [1.807, 2.05) is 0 Å². The summed E-state index contributed by atoms with van der Waals surface area (Å²) >= 11 is 0. The van der Waals surface area contributed by atoms with Gasteiger partial charge in [-0.25, -0.2) is 0 Å². The second-order valence-electron chi connectivity index (χ2n) is 5.54. The number of hydrogen-bond donors (Lipinski definition) is 1. The van der Waals surface area contributed by atoms with Gasteiger partial charge in [0.15, 0.2) is 0 Å². The van der Waals surface area contributed by atoms with Crippen LogP contribution in [0.2, 0.25) is 0 Å². The van der Waals surface area contributed by atoms with E-state index in [-0.39, 0.29) is 17.1 Å². The van der Waals surface area contributed by atoms with Gasteiger partial charge in [-0.15, -0.1) is 0 Å². The Kier molecular flexibility index (Phi) is 8.34. The highest BCUT2D eigenvalue weighted by Crippen LogP contribution is 2.28. The van der Waals surface area contributed by atoms with Crippen LogP contribution in [0.4, 0.5) is 17.6 Å². The smallest absolute Gasteiger partial charge is 0.387 e. The first-order valence-electron chi connectivity index (χ1n) is 8.23. The Morgan fingerprint density at radius 2 is 1.89 bits per heavy atom. The van der Waals surface area contributed by atoms with Gasteiger partial charge in [-0.3, -0.25) is 9.69 Å². The topological polar surface area (TPSA) is 60.0 Å². The lowest BCUT2D eigenvalue weighted by Crippen LogP contribution is -2.41. The highest BCUT2D eigenvalue weighted by Gasteiger charge is 2.13. The molecular formula is C17H20F4N2O4. The lowest BCUT2D eigenvalue weighted by atomic mass is 10.1. The molecule has 0 aliphatic carbocycles. The van der Waals surface area contributed by atoms with Crippen molar-refractivity contribution < 1.29 is 36.6 Å². The van der Waals surface area contributed by atoms with Gasteiger partial charge in [-0.2, -0.15) is 17.6 Å². The van der Waals surface area contributed by atoms with Crippen molar-refractivity contribution in [1.29, 1.82) is 0 Å². The summed E-state index contributed by atoms with van der Waals surface area (Å²) in [7, 11) is 0. The van der Waals surface area contributed by atoms with Crippen LogP contribution >= 0.6 is 0 Å². The van der Waals surface area contributed by atoms with Crippen molar-refractivity contribution in [2.24, 2.45) is 0 Å². The zero-order valence-electron chi connectivity index (χ0n) is 14.4. The number of amides is 1. The SMILES string of the molecule is O=C(/C=C/c1ccc(OC(F)F)cc1OC(F)F)NCCN1CCOCC1. The maximum atomic E-state index is 12.5. The molecule has 2 rings (SSSR count). The largest absolute Gasteiger partial charge is 0.435 e.